The van der Waals surface area contributed by atoms with Crippen LogP contribution in [-0.4, -0.2) is 12.4 Å². The summed E-state index contributed by atoms with van der Waals surface area (Å²) in [7, 11) is 0. The first-order valence-corrected chi connectivity index (χ1v) is 6.28. The molecule has 0 aromatic heterocycles. The van der Waals surface area contributed by atoms with Gasteiger partial charge in [0, 0.05) is 0 Å². The average molecular weight is 173 g/mol. The van der Waals surface area contributed by atoms with E-state index in [1.54, 1.807) is 11.4 Å². The summed E-state index contributed by atoms with van der Waals surface area (Å²) in [5.41, 5.74) is 0. The van der Waals surface area contributed by atoms with Gasteiger partial charge in [-0.3, -0.25) is 0 Å². The van der Waals surface area contributed by atoms with E-state index < -0.39 is 6.70 Å². The van der Waals surface area contributed by atoms with Gasteiger partial charge in [-0.05, 0) is 12.7 Å². The lowest BCUT2D eigenvalue weighted by Crippen LogP contribution is -1.74. The topological polar surface area (TPSA) is 9.23 Å². The third kappa shape index (κ3) is 5.17. The van der Waals surface area contributed by atoms with Crippen LogP contribution in [0.4, 0.5) is 0 Å². The first-order chi connectivity index (χ1) is 3.81. The molecule has 0 rings (SSSR count). The van der Waals surface area contributed by atoms with Gasteiger partial charge in [-0.2, -0.15) is 0 Å². The van der Waals surface area contributed by atoms with E-state index in [1.807, 2.05) is 6.92 Å². The lowest BCUT2D eigenvalue weighted by atomic mass is 10.9. The molecule has 0 aliphatic heterocycles. The quantitative estimate of drug-likeness (QED) is 0.602. The lowest BCUT2D eigenvalue weighted by Gasteiger charge is -2.03. The Morgan fingerprint density at radius 2 is 2.25 bits per heavy atom. The van der Waals surface area contributed by atoms with Gasteiger partial charge in [0.05, 0.1) is 6.61 Å². The molecular weight excluding hydrogens is 163 g/mol. The van der Waals surface area contributed by atoms with Gasteiger partial charge in [0.25, 0.3) is 0 Å². The van der Waals surface area contributed by atoms with E-state index in [-0.39, 0.29) is 0 Å². The minimum atomic E-state index is -0.692. The second-order valence-electron chi connectivity index (χ2n) is 1.05. The maximum absolute atomic E-state index is 5.69. The van der Waals surface area contributed by atoms with Crippen molar-refractivity contribution in [3.8, 4) is 0 Å². The number of hydrogen-bond acceptors (Lipinski definition) is 2. The summed E-state index contributed by atoms with van der Waals surface area (Å²) in [4.78, 5) is 0. The Morgan fingerprint density at radius 1 is 1.62 bits per heavy atom. The minimum Gasteiger partial charge on any atom is -0.336 e. The standard InChI is InChI=1S/C4H10ClOPS/c1-3-6-7(5)8-4-2/h3-4H2,1-2H3. The van der Waals surface area contributed by atoms with Crippen LogP contribution in [0, 0.1) is 0 Å². The Balaban J connectivity index is 2.92. The van der Waals surface area contributed by atoms with Gasteiger partial charge in [0.15, 0.2) is 6.70 Å². The summed E-state index contributed by atoms with van der Waals surface area (Å²) in [6, 6.07) is 0. The van der Waals surface area contributed by atoms with Gasteiger partial charge in [0.2, 0.25) is 0 Å². The van der Waals surface area contributed by atoms with Crippen molar-refractivity contribution in [3.05, 3.63) is 0 Å². The molecule has 0 heterocycles. The van der Waals surface area contributed by atoms with Crippen LogP contribution in [0.2, 0.25) is 0 Å². The zero-order valence-electron chi connectivity index (χ0n) is 5.06. The van der Waals surface area contributed by atoms with Crippen LogP contribution in [0.25, 0.3) is 0 Å². The molecule has 0 spiro atoms. The van der Waals surface area contributed by atoms with Gasteiger partial charge in [-0.1, -0.05) is 29.5 Å². The Bertz CT molecular complexity index is 49.3. The van der Waals surface area contributed by atoms with Crippen molar-refractivity contribution in [3.63, 3.8) is 0 Å². The summed E-state index contributed by atoms with van der Waals surface area (Å²) in [5, 5.41) is 0. The normalized spacial score (nSPS) is 13.9. The Kier molecular flexibility index (Phi) is 6.95. The highest BCUT2D eigenvalue weighted by Gasteiger charge is 2.00. The van der Waals surface area contributed by atoms with Gasteiger partial charge in [-0.25, -0.2) is 0 Å². The first kappa shape index (κ1) is 9.03. The molecule has 8 heavy (non-hydrogen) atoms. The van der Waals surface area contributed by atoms with E-state index in [0.29, 0.717) is 0 Å². The molecule has 1 nitrogen and oxygen atoms in total. The first-order valence-electron chi connectivity index (χ1n) is 2.53. The lowest BCUT2D eigenvalue weighted by molar-refractivity contribution is 0.394. The molecule has 1 unspecified atom stereocenters. The van der Waals surface area contributed by atoms with Crippen molar-refractivity contribution in [2.75, 3.05) is 12.4 Å². The summed E-state index contributed by atoms with van der Waals surface area (Å²) in [6.07, 6.45) is 0. The molecule has 50 valence electrons. The molecule has 4 heteroatoms. The fraction of sp³-hybridized carbons (Fsp3) is 1.00. The summed E-state index contributed by atoms with van der Waals surface area (Å²) < 4.78 is 5.08. The van der Waals surface area contributed by atoms with Crippen molar-refractivity contribution >= 4 is 29.3 Å². The van der Waals surface area contributed by atoms with Gasteiger partial charge in [0.1, 0.15) is 0 Å². The second kappa shape index (κ2) is 6.15. The molecule has 0 bridgehead atoms. The summed E-state index contributed by atoms with van der Waals surface area (Å²) in [5.74, 6) is 1.04. The van der Waals surface area contributed by atoms with E-state index in [9.17, 15) is 0 Å². The van der Waals surface area contributed by atoms with Crippen molar-refractivity contribution in [1.82, 2.24) is 0 Å². The highest BCUT2D eigenvalue weighted by molar-refractivity contribution is 8.61. The number of rotatable bonds is 4. The zero-order valence-corrected chi connectivity index (χ0v) is 7.52. The molecule has 0 aromatic carbocycles. The predicted molar refractivity (Wildman–Crippen MR) is 42.5 cm³/mol. The molecule has 0 fully saturated rings. The van der Waals surface area contributed by atoms with E-state index in [2.05, 4.69) is 6.92 Å². The number of halogens is 1. The maximum atomic E-state index is 5.69. The fourth-order valence-electron chi connectivity index (χ4n) is 0.240. The van der Waals surface area contributed by atoms with Crippen LogP contribution in [0.15, 0.2) is 0 Å². The van der Waals surface area contributed by atoms with Crippen LogP contribution in [0.3, 0.4) is 0 Å². The van der Waals surface area contributed by atoms with Crippen LogP contribution in [-0.2, 0) is 4.52 Å². The third-order valence-corrected chi connectivity index (χ3v) is 4.25. The van der Waals surface area contributed by atoms with Crippen molar-refractivity contribution in [2.45, 2.75) is 13.8 Å². The summed E-state index contributed by atoms with van der Waals surface area (Å²) >= 11 is 7.35. The Morgan fingerprint density at radius 3 is 2.62 bits per heavy atom. The van der Waals surface area contributed by atoms with Crippen LogP contribution in [0.5, 0.6) is 0 Å². The SMILES string of the molecule is CCOP(Cl)SCC. The van der Waals surface area contributed by atoms with Crippen molar-refractivity contribution in [2.24, 2.45) is 0 Å². The fourth-order valence-corrected chi connectivity index (χ4v) is 3.04. The monoisotopic (exact) mass is 172 g/mol. The summed E-state index contributed by atoms with van der Waals surface area (Å²) in [6.45, 7) is 4.06. The highest BCUT2D eigenvalue weighted by atomic mass is 35.7. The van der Waals surface area contributed by atoms with Gasteiger partial charge < -0.3 is 4.52 Å². The molecule has 0 amide bonds. The Hall–Kier alpha value is 1.03. The predicted octanol–water partition coefficient (Wildman–Crippen LogP) is 3.24. The minimum absolute atomic E-state index is 0.692. The molecule has 0 aromatic rings. The van der Waals surface area contributed by atoms with E-state index in [4.69, 9.17) is 15.8 Å². The van der Waals surface area contributed by atoms with E-state index in [1.165, 1.54) is 0 Å². The molecule has 0 saturated carbocycles. The smallest absolute Gasteiger partial charge is 0.188 e. The van der Waals surface area contributed by atoms with E-state index in [0.717, 1.165) is 12.4 Å². The van der Waals surface area contributed by atoms with Crippen molar-refractivity contribution < 1.29 is 4.52 Å². The maximum Gasteiger partial charge on any atom is 0.188 e. The molecule has 0 N–H and O–H groups in total. The average Bonchev–Trinajstić information content (AvgIpc) is 1.68. The molecule has 0 radical (unpaired) electrons. The largest absolute Gasteiger partial charge is 0.336 e. The molecule has 0 aliphatic rings. The highest BCUT2D eigenvalue weighted by Crippen LogP contribution is 2.54. The third-order valence-electron chi connectivity index (χ3n) is 0.461. The van der Waals surface area contributed by atoms with Crippen LogP contribution in [0.1, 0.15) is 13.8 Å². The van der Waals surface area contributed by atoms with E-state index >= 15 is 0 Å². The van der Waals surface area contributed by atoms with Crippen molar-refractivity contribution in [1.29, 1.82) is 0 Å². The number of hydrogen-bond donors (Lipinski definition) is 0. The zero-order chi connectivity index (χ0) is 6.41. The second-order valence-corrected chi connectivity index (χ2v) is 5.86. The molecular formula is C4H10ClOPS. The van der Waals surface area contributed by atoms with Crippen LogP contribution >= 0.6 is 29.3 Å². The van der Waals surface area contributed by atoms with Gasteiger partial charge >= 0.3 is 0 Å². The van der Waals surface area contributed by atoms with Gasteiger partial charge in [-0.15, -0.1) is 0 Å². The Labute approximate surface area is 60.5 Å². The molecule has 0 saturated heterocycles. The molecule has 1 atom stereocenters. The molecule has 0 aliphatic carbocycles. The van der Waals surface area contributed by atoms with Crippen LogP contribution < -0.4 is 0 Å².